The van der Waals surface area contributed by atoms with E-state index in [1.165, 1.54) is 25.6 Å². The molecule has 142 valence electrons. The van der Waals surface area contributed by atoms with Gasteiger partial charge in [0, 0.05) is 18.7 Å². The van der Waals surface area contributed by atoms with E-state index in [0.717, 1.165) is 24.2 Å². The molecule has 2 heterocycles. The second-order valence-corrected chi connectivity index (χ2v) is 6.80. The molecule has 0 unspecified atom stereocenters. The Balaban J connectivity index is 1.56. The van der Waals surface area contributed by atoms with Crippen LogP contribution in [-0.4, -0.2) is 30.8 Å². The highest BCUT2D eigenvalue weighted by Crippen LogP contribution is 2.29. The third-order valence-corrected chi connectivity index (χ3v) is 4.84. The van der Waals surface area contributed by atoms with Crippen molar-refractivity contribution in [2.75, 3.05) is 5.32 Å². The van der Waals surface area contributed by atoms with Crippen LogP contribution in [0, 0.1) is 11.3 Å². The van der Waals surface area contributed by atoms with Gasteiger partial charge in [0.15, 0.2) is 5.82 Å². The number of aryl methyl sites for hydroxylation is 1. The van der Waals surface area contributed by atoms with E-state index >= 15 is 0 Å². The fraction of sp³-hybridized carbons (Fsp3) is 0.350. The first-order valence-electron chi connectivity index (χ1n) is 9.38. The van der Waals surface area contributed by atoms with E-state index in [0.29, 0.717) is 23.1 Å². The lowest BCUT2D eigenvalue weighted by molar-refractivity contribution is 0.154. The molecule has 2 aromatic heterocycles. The van der Waals surface area contributed by atoms with Crippen molar-refractivity contribution in [2.24, 2.45) is 7.05 Å². The molecular weight excluding hydrogens is 354 g/mol. The molecule has 1 aliphatic carbocycles. The SMILES string of the molecule is Cn1nccc1Nc1ncnc(-c2ccc(OC3CCCCC3)c(C#N)c2)n1. The highest BCUT2D eigenvalue weighted by atomic mass is 16.5. The Morgan fingerprint density at radius 3 is 2.79 bits per heavy atom. The molecular formula is C20H21N7O. The molecule has 0 bridgehead atoms. The molecule has 8 nitrogen and oxygen atoms in total. The summed E-state index contributed by atoms with van der Waals surface area (Å²) in [4.78, 5) is 12.9. The van der Waals surface area contributed by atoms with Gasteiger partial charge in [-0.2, -0.15) is 15.3 Å². The topological polar surface area (TPSA) is 102 Å². The average molecular weight is 375 g/mol. The summed E-state index contributed by atoms with van der Waals surface area (Å²) in [6.45, 7) is 0. The van der Waals surface area contributed by atoms with E-state index in [4.69, 9.17) is 4.74 Å². The van der Waals surface area contributed by atoms with Crippen molar-refractivity contribution in [3.05, 3.63) is 42.4 Å². The van der Waals surface area contributed by atoms with Gasteiger partial charge in [0.25, 0.3) is 0 Å². The lowest BCUT2D eigenvalue weighted by Gasteiger charge is -2.23. The summed E-state index contributed by atoms with van der Waals surface area (Å²) in [5.41, 5.74) is 1.23. The van der Waals surface area contributed by atoms with E-state index in [1.54, 1.807) is 16.9 Å². The first kappa shape index (κ1) is 17.9. The van der Waals surface area contributed by atoms with Gasteiger partial charge >= 0.3 is 0 Å². The van der Waals surface area contributed by atoms with Crippen LogP contribution in [0.5, 0.6) is 5.75 Å². The van der Waals surface area contributed by atoms with Gasteiger partial charge in [0.1, 0.15) is 24.0 Å². The highest BCUT2D eigenvalue weighted by molar-refractivity contribution is 5.62. The van der Waals surface area contributed by atoms with Crippen molar-refractivity contribution in [2.45, 2.75) is 38.2 Å². The van der Waals surface area contributed by atoms with Crippen LogP contribution in [0.2, 0.25) is 0 Å². The van der Waals surface area contributed by atoms with Crippen molar-refractivity contribution in [3.63, 3.8) is 0 Å². The minimum Gasteiger partial charge on any atom is -0.489 e. The number of anilines is 2. The molecule has 0 atom stereocenters. The molecule has 3 aromatic rings. The first-order chi connectivity index (χ1) is 13.7. The summed E-state index contributed by atoms with van der Waals surface area (Å²) in [6, 6.07) is 9.53. The molecule has 1 fully saturated rings. The molecule has 1 saturated carbocycles. The van der Waals surface area contributed by atoms with Crippen molar-refractivity contribution in [1.29, 1.82) is 5.26 Å². The van der Waals surface area contributed by atoms with Crippen molar-refractivity contribution >= 4 is 11.8 Å². The molecule has 8 heteroatoms. The number of ether oxygens (including phenoxy) is 1. The maximum Gasteiger partial charge on any atom is 0.231 e. The van der Waals surface area contributed by atoms with Gasteiger partial charge in [-0.25, -0.2) is 9.97 Å². The fourth-order valence-corrected chi connectivity index (χ4v) is 3.33. The van der Waals surface area contributed by atoms with Crippen molar-refractivity contribution < 1.29 is 4.74 Å². The molecule has 0 radical (unpaired) electrons. The summed E-state index contributed by atoms with van der Waals surface area (Å²) in [6.07, 6.45) is 9.04. The van der Waals surface area contributed by atoms with Gasteiger partial charge in [-0.15, -0.1) is 0 Å². The lowest BCUT2D eigenvalue weighted by Crippen LogP contribution is -2.20. The number of benzene rings is 1. The fourth-order valence-electron chi connectivity index (χ4n) is 3.33. The number of aromatic nitrogens is 5. The Morgan fingerprint density at radius 1 is 1.18 bits per heavy atom. The van der Waals surface area contributed by atoms with Crippen molar-refractivity contribution in [3.8, 4) is 23.2 Å². The average Bonchev–Trinajstić information content (AvgIpc) is 3.13. The van der Waals surface area contributed by atoms with Crippen LogP contribution in [-0.2, 0) is 7.05 Å². The Kier molecular flexibility index (Phi) is 5.15. The van der Waals surface area contributed by atoms with Gasteiger partial charge in [-0.1, -0.05) is 6.42 Å². The smallest absolute Gasteiger partial charge is 0.231 e. The van der Waals surface area contributed by atoms with Gasteiger partial charge in [-0.05, 0) is 43.9 Å². The third-order valence-electron chi connectivity index (χ3n) is 4.84. The Morgan fingerprint density at radius 2 is 2.04 bits per heavy atom. The van der Waals surface area contributed by atoms with Gasteiger partial charge in [-0.3, -0.25) is 4.68 Å². The van der Waals surface area contributed by atoms with Crippen LogP contribution in [0.3, 0.4) is 0 Å². The Hall–Kier alpha value is -3.47. The van der Waals surface area contributed by atoms with E-state index in [2.05, 4.69) is 31.4 Å². The van der Waals surface area contributed by atoms with Crippen LogP contribution >= 0.6 is 0 Å². The first-order valence-corrected chi connectivity index (χ1v) is 9.38. The zero-order valence-electron chi connectivity index (χ0n) is 15.7. The molecule has 0 amide bonds. The summed E-state index contributed by atoms with van der Waals surface area (Å²) in [5.74, 6) is 2.29. The number of nitrogens with one attached hydrogen (secondary N) is 1. The van der Waals surface area contributed by atoms with Gasteiger partial charge < -0.3 is 10.1 Å². The standard InChI is InChI=1S/C20H21N7O/c1-27-18(9-10-24-27)25-20-23-13-22-19(26-20)14-7-8-17(15(11-14)12-21)28-16-5-3-2-4-6-16/h7-11,13,16H,2-6H2,1H3,(H,22,23,25,26). The molecule has 28 heavy (non-hydrogen) atoms. The monoisotopic (exact) mass is 375 g/mol. The van der Waals surface area contributed by atoms with Crippen LogP contribution < -0.4 is 10.1 Å². The lowest BCUT2D eigenvalue weighted by atomic mass is 9.97. The predicted octanol–water partition coefficient (Wildman–Crippen LogP) is 3.60. The molecule has 1 aromatic carbocycles. The number of hydrogen-bond donors (Lipinski definition) is 1. The maximum absolute atomic E-state index is 9.57. The quantitative estimate of drug-likeness (QED) is 0.727. The summed E-state index contributed by atoms with van der Waals surface area (Å²) >= 11 is 0. The zero-order valence-corrected chi connectivity index (χ0v) is 15.7. The highest BCUT2D eigenvalue weighted by Gasteiger charge is 2.17. The number of nitrogens with zero attached hydrogens (tertiary/aromatic N) is 6. The summed E-state index contributed by atoms with van der Waals surface area (Å²) < 4.78 is 7.77. The predicted molar refractivity (Wildman–Crippen MR) is 104 cm³/mol. The molecule has 1 N–H and O–H groups in total. The van der Waals surface area contributed by atoms with E-state index in [9.17, 15) is 5.26 Å². The van der Waals surface area contributed by atoms with Gasteiger partial charge in [0.05, 0.1) is 17.9 Å². The van der Waals surface area contributed by atoms with Crippen molar-refractivity contribution in [1.82, 2.24) is 24.7 Å². The van der Waals surface area contributed by atoms with E-state index < -0.39 is 0 Å². The van der Waals surface area contributed by atoms with E-state index in [1.807, 2.05) is 25.2 Å². The van der Waals surface area contributed by atoms with Crippen LogP contribution in [0.15, 0.2) is 36.8 Å². The largest absolute Gasteiger partial charge is 0.489 e. The van der Waals surface area contributed by atoms with Crippen LogP contribution in [0.4, 0.5) is 11.8 Å². The summed E-state index contributed by atoms with van der Waals surface area (Å²) in [5, 5.41) is 16.8. The van der Waals surface area contributed by atoms with Crippen LogP contribution in [0.1, 0.15) is 37.7 Å². The number of nitriles is 1. The normalized spacial score (nSPS) is 14.4. The summed E-state index contributed by atoms with van der Waals surface area (Å²) in [7, 11) is 1.83. The molecule has 0 saturated heterocycles. The van der Waals surface area contributed by atoms with Gasteiger partial charge in [0.2, 0.25) is 5.95 Å². The molecule has 0 aliphatic heterocycles. The third kappa shape index (κ3) is 3.93. The minimum atomic E-state index is 0.193. The van der Waals surface area contributed by atoms with E-state index in [-0.39, 0.29) is 6.10 Å². The molecule has 1 aliphatic rings. The number of rotatable bonds is 5. The minimum absolute atomic E-state index is 0.193. The Bertz CT molecular complexity index is 1000. The maximum atomic E-state index is 9.57. The zero-order chi connectivity index (χ0) is 19.3. The van der Waals surface area contributed by atoms with Crippen LogP contribution in [0.25, 0.3) is 11.4 Å². The Labute approximate surface area is 163 Å². The molecule has 4 rings (SSSR count). The second kappa shape index (κ2) is 8.05. The molecule has 0 spiro atoms. The number of hydrogen-bond acceptors (Lipinski definition) is 7. The second-order valence-electron chi connectivity index (χ2n) is 6.80.